The maximum Gasteiger partial charge on any atom is 0.340 e. The fourth-order valence-electron chi connectivity index (χ4n) is 2.62. The minimum Gasteiger partial charge on any atom is -0.194 e. The lowest BCUT2D eigenvalue weighted by molar-refractivity contribution is -0.228. The molecule has 4 aliphatic carbocycles. The predicted octanol–water partition coefficient (Wildman–Crippen LogP) is 7.29. The van der Waals surface area contributed by atoms with Crippen LogP contribution in [0.25, 0.3) is 0 Å². The average Bonchev–Trinajstić information content (AvgIpc) is 2.55. The molecule has 0 nitrogen and oxygen atoms in total. The normalized spacial score (nSPS) is 21.9. The Hall–Kier alpha value is -1.16. The Balaban J connectivity index is 2.46. The molecule has 140 valence electrons. The van der Waals surface area contributed by atoms with E-state index in [0.29, 0.717) is 36.4 Å². The van der Waals surface area contributed by atoms with Crippen molar-refractivity contribution in [2.75, 3.05) is 0 Å². The van der Waals surface area contributed by atoms with Gasteiger partial charge < -0.3 is 0 Å². The lowest BCUT2D eigenvalue weighted by Crippen LogP contribution is -2.39. The Morgan fingerprint density at radius 3 is 1.04 bits per heavy atom. The Kier molecular flexibility index (Phi) is 4.27. The fraction of sp³-hybridized carbons (Fsp3) is 0.250. The SMILES string of the molecule is FC1(F)c2ccc(cc2)C(F)(F)C(F)(F)c2cc(Br)c(cc2Br)C1(F)F. The molecular formula is C16H6Br2F8. The molecule has 4 bridgehead atoms. The van der Waals surface area contributed by atoms with E-state index in [0.717, 1.165) is 0 Å². The van der Waals surface area contributed by atoms with Crippen molar-refractivity contribution in [2.24, 2.45) is 0 Å². The molecule has 0 amide bonds. The summed E-state index contributed by atoms with van der Waals surface area (Å²) in [6, 6.07) is 1.78. The van der Waals surface area contributed by atoms with E-state index in [1.165, 1.54) is 0 Å². The minimum atomic E-state index is -4.80. The molecule has 0 fully saturated rings. The van der Waals surface area contributed by atoms with E-state index in [4.69, 9.17) is 0 Å². The third-order valence-electron chi connectivity index (χ3n) is 4.13. The van der Waals surface area contributed by atoms with Gasteiger partial charge in [0.1, 0.15) is 0 Å². The second kappa shape index (κ2) is 5.67. The summed E-state index contributed by atoms with van der Waals surface area (Å²) in [4.78, 5) is 0. The van der Waals surface area contributed by atoms with Crippen LogP contribution in [0.3, 0.4) is 0 Å². The van der Waals surface area contributed by atoms with E-state index in [2.05, 4.69) is 31.9 Å². The van der Waals surface area contributed by atoms with Crippen molar-refractivity contribution in [1.29, 1.82) is 0 Å². The van der Waals surface area contributed by atoms with Gasteiger partial charge in [0.2, 0.25) is 0 Å². The molecule has 10 heteroatoms. The summed E-state index contributed by atoms with van der Waals surface area (Å²) < 4.78 is 114. The van der Waals surface area contributed by atoms with Crippen molar-refractivity contribution in [3.05, 3.63) is 67.6 Å². The number of hydrogen-bond donors (Lipinski definition) is 0. The van der Waals surface area contributed by atoms with Gasteiger partial charge in [-0.2, -0.15) is 35.1 Å². The monoisotopic (exact) mass is 508 g/mol. The lowest BCUT2D eigenvalue weighted by atomic mass is 9.89. The highest BCUT2D eigenvalue weighted by atomic mass is 79.9. The van der Waals surface area contributed by atoms with Crippen LogP contribution >= 0.6 is 31.9 Å². The van der Waals surface area contributed by atoms with Gasteiger partial charge in [-0.3, -0.25) is 0 Å². The number of halogens is 10. The predicted molar refractivity (Wildman–Crippen MR) is 83.9 cm³/mol. The molecule has 0 N–H and O–H groups in total. The standard InChI is InChI=1S/C16H6Br2F8/c17-11-6-10-12(18)5-9(11)15(23,24)13(19,20)7-1-2-8(4-3-7)14(21,22)16(10,25)26/h1-6H. The summed E-state index contributed by atoms with van der Waals surface area (Å²) in [5.74, 6) is -19.1. The molecule has 0 heterocycles. The second-order valence-corrected chi connectivity index (χ2v) is 7.40. The summed E-state index contributed by atoms with van der Waals surface area (Å²) in [6.45, 7) is 0. The van der Waals surface area contributed by atoms with E-state index in [9.17, 15) is 35.1 Å². The van der Waals surface area contributed by atoms with E-state index >= 15 is 0 Å². The van der Waals surface area contributed by atoms with E-state index in [-0.39, 0.29) is 0 Å². The van der Waals surface area contributed by atoms with Gasteiger partial charge in [-0.25, -0.2) is 0 Å². The third-order valence-corrected chi connectivity index (χ3v) is 5.44. The first-order valence-corrected chi connectivity index (χ1v) is 8.45. The number of benzene rings is 2. The first-order chi connectivity index (χ1) is 11.7. The summed E-state index contributed by atoms with van der Waals surface area (Å²) in [5, 5.41) is 0. The summed E-state index contributed by atoms with van der Waals surface area (Å²) in [6.07, 6.45) is 0. The van der Waals surface area contributed by atoms with Gasteiger partial charge in [-0.05, 0) is 12.1 Å². The van der Waals surface area contributed by atoms with Crippen LogP contribution in [0.15, 0.2) is 45.3 Å². The minimum absolute atomic E-state index is 0.296. The van der Waals surface area contributed by atoms with Gasteiger partial charge in [0.05, 0.1) is 0 Å². The highest BCUT2D eigenvalue weighted by Crippen LogP contribution is 2.56. The molecule has 0 aliphatic heterocycles. The summed E-state index contributed by atoms with van der Waals surface area (Å²) in [7, 11) is 0. The second-order valence-electron chi connectivity index (χ2n) is 5.69. The van der Waals surface area contributed by atoms with E-state index in [1.54, 1.807) is 0 Å². The third kappa shape index (κ3) is 2.44. The molecule has 0 spiro atoms. The first kappa shape index (κ1) is 19.6. The lowest BCUT2D eigenvalue weighted by Gasteiger charge is -2.32. The van der Waals surface area contributed by atoms with Gasteiger partial charge in [-0.1, -0.05) is 56.1 Å². The highest BCUT2D eigenvalue weighted by Gasteiger charge is 2.63. The van der Waals surface area contributed by atoms with Crippen LogP contribution in [0.5, 0.6) is 0 Å². The number of alkyl halides is 8. The molecule has 4 aliphatic rings. The van der Waals surface area contributed by atoms with Crippen LogP contribution < -0.4 is 0 Å². The van der Waals surface area contributed by atoms with Crippen molar-refractivity contribution < 1.29 is 35.1 Å². The van der Waals surface area contributed by atoms with Gasteiger partial charge in [0, 0.05) is 31.2 Å². The van der Waals surface area contributed by atoms with Gasteiger partial charge in [0.25, 0.3) is 0 Å². The molecule has 0 saturated heterocycles. The molecule has 0 atom stereocenters. The topological polar surface area (TPSA) is 0 Å². The van der Waals surface area contributed by atoms with E-state index < -0.39 is 54.9 Å². The van der Waals surface area contributed by atoms with Crippen molar-refractivity contribution >= 4 is 31.9 Å². The van der Waals surface area contributed by atoms with Crippen molar-refractivity contribution in [2.45, 2.75) is 23.7 Å². The van der Waals surface area contributed by atoms with Gasteiger partial charge >= 0.3 is 23.7 Å². The zero-order chi connectivity index (χ0) is 19.7. The van der Waals surface area contributed by atoms with Crippen molar-refractivity contribution in [1.82, 2.24) is 0 Å². The van der Waals surface area contributed by atoms with Crippen molar-refractivity contribution in [3.8, 4) is 0 Å². The molecule has 0 unspecified atom stereocenters. The molecule has 0 saturated carbocycles. The largest absolute Gasteiger partial charge is 0.340 e. The number of rotatable bonds is 0. The smallest absolute Gasteiger partial charge is 0.194 e. The maximum absolute atomic E-state index is 14.5. The van der Waals surface area contributed by atoms with Crippen LogP contribution in [0.4, 0.5) is 35.1 Å². The zero-order valence-corrected chi connectivity index (χ0v) is 15.4. The van der Waals surface area contributed by atoms with Crippen LogP contribution in [-0.2, 0) is 23.7 Å². The number of hydrogen-bond acceptors (Lipinski definition) is 0. The zero-order valence-electron chi connectivity index (χ0n) is 12.2. The van der Waals surface area contributed by atoms with Crippen LogP contribution in [0.1, 0.15) is 22.3 Å². The highest BCUT2D eigenvalue weighted by molar-refractivity contribution is 9.11. The molecule has 0 aromatic heterocycles. The Morgan fingerprint density at radius 1 is 0.500 bits per heavy atom. The quantitative estimate of drug-likeness (QED) is 0.327. The Bertz CT molecular complexity index is 802. The van der Waals surface area contributed by atoms with Crippen LogP contribution in [-0.4, -0.2) is 0 Å². The average molecular weight is 510 g/mol. The summed E-state index contributed by atoms with van der Waals surface area (Å²) in [5.41, 5.74) is -5.19. The van der Waals surface area contributed by atoms with Crippen molar-refractivity contribution in [3.63, 3.8) is 0 Å². The molecule has 6 rings (SSSR count). The molecular weight excluding hydrogens is 504 g/mol. The summed E-state index contributed by atoms with van der Waals surface area (Å²) >= 11 is 5.05. The van der Waals surface area contributed by atoms with Gasteiger partial charge in [-0.15, -0.1) is 0 Å². The Morgan fingerprint density at radius 2 is 0.769 bits per heavy atom. The maximum atomic E-state index is 14.5. The van der Waals surface area contributed by atoms with E-state index in [1.807, 2.05) is 0 Å². The molecule has 0 radical (unpaired) electrons. The molecule has 26 heavy (non-hydrogen) atoms. The Labute approximate surface area is 158 Å². The van der Waals surface area contributed by atoms with Crippen LogP contribution in [0.2, 0.25) is 0 Å². The first-order valence-electron chi connectivity index (χ1n) is 6.87. The molecule has 2 aromatic rings. The van der Waals surface area contributed by atoms with Crippen LogP contribution in [0, 0.1) is 0 Å². The van der Waals surface area contributed by atoms with Gasteiger partial charge in [0.15, 0.2) is 0 Å². The fourth-order valence-corrected chi connectivity index (χ4v) is 3.80. The molecule has 2 aromatic carbocycles.